The maximum Gasteiger partial charge on any atom is 0.227 e. The number of nitrogens with one attached hydrogen (secondary N) is 1. The highest BCUT2D eigenvalue weighted by atomic mass is 16.5. The fourth-order valence-corrected chi connectivity index (χ4v) is 3.07. The van der Waals surface area contributed by atoms with Gasteiger partial charge in [-0.25, -0.2) is 0 Å². The smallest absolute Gasteiger partial charge is 0.227 e. The van der Waals surface area contributed by atoms with E-state index >= 15 is 0 Å². The van der Waals surface area contributed by atoms with Gasteiger partial charge < -0.3 is 14.7 Å². The Hall–Kier alpha value is -2.70. The van der Waals surface area contributed by atoms with Crippen molar-refractivity contribution in [3.05, 3.63) is 48.1 Å². The van der Waals surface area contributed by atoms with Crippen LogP contribution < -0.4 is 5.32 Å². The van der Waals surface area contributed by atoms with Gasteiger partial charge in [0, 0.05) is 13.1 Å². The van der Waals surface area contributed by atoms with Gasteiger partial charge in [0.1, 0.15) is 0 Å². The Kier molecular flexibility index (Phi) is 5.42. The van der Waals surface area contributed by atoms with Crippen molar-refractivity contribution in [2.24, 2.45) is 5.92 Å². The van der Waals surface area contributed by atoms with Crippen LogP contribution in [-0.4, -0.2) is 39.9 Å². The normalized spacial score (nSPS) is 18.6. The van der Waals surface area contributed by atoms with E-state index < -0.39 is 0 Å². The van der Waals surface area contributed by atoms with E-state index in [1.54, 1.807) is 4.90 Å². The first kappa shape index (κ1) is 17.1. The summed E-state index contributed by atoms with van der Waals surface area (Å²) in [7, 11) is 0. The van der Waals surface area contributed by atoms with Gasteiger partial charge >= 0.3 is 0 Å². The number of nitrogens with zero attached hydrogens (tertiary/aromatic N) is 3. The van der Waals surface area contributed by atoms with Gasteiger partial charge in [0.2, 0.25) is 18.2 Å². The Bertz CT molecular complexity index is 702. The van der Waals surface area contributed by atoms with Crippen LogP contribution in [0.4, 0.5) is 0 Å². The number of carbonyl (C=O) groups excluding carboxylic acids is 2. The maximum atomic E-state index is 12.5. The standard InChI is InChI=1S/C18H22N4O3/c1-13(17-19-12-25-21-17)20-18(24)15-8-5-9-22(11-15)16(23)10-14-6-3-2-4-7-14/h2-4,6-7,12-13,15H,5,8-11H2,1H3,(H,20,24). The van der Waals surface area contributed by atoms with Crippen LogP contribution in [0.5, 0.6) is 0 Å². The molecule has 1 N–H and O–H groups in total. The highest BCUT2D eigenvalue weighted by Gasteiger charge is 2.29. The Morgan fingerprint density at radius 1 is 1.36 bits per heavy atom. The molecule has 2 unspecified atom stereocenters. The first-order valence-electron chi connectivity index (χ1n) is 8.52. The molecule has 0 radical (unpaired) electrons. The average Bonchev–Trinajstić information content (AvgIpc) is 3.17. The van der Waals surface area contributed by atoms with Crippen LogP contribution in [0.25, 0.3) is 0 Å². The molecule has 1 fully saturated rings. The lowest BCUT2D eigenvalue weighted by Gasteiger charge is -2.32. The average molecular weight is 342 g/mol. The van der Waals surface area contributed by atoms with Gasteiger partial charge in [-0.1, -0.05) is 35.5 Å². The van der Waals surface area contributed by atoms with Gasteiger partial charge in [-0.3, -0.25) is 9.59 Å². The van der Waals surface area contributed by atoms with Gasteiger partial charge in [-0.15, -0.1) is 0 Å². The summed E-state index contributed by atoms with van der Waals surface area (Å²) in [5.41, 5.74) is 0.991. The molecule has 0 spiro atoms. The fraction of sp³-hybridized carbons (Fsp3) is 0.444. The number of benzene rings is 1. The molecule has 1 aliphatic rings. The molecule has 2 amide bonds. The van der Waals surface area contributed by atoms with Crippen molar-refractivity contribution in [3.63, 3.8) is 0 Å². The maximum absolute atomic E-state index is 12.5. The first-order valence-corrected chi connectivity index (χ1v) is 8.52. The molecule has 7 heteroatoms. The van der Waals surface area contributed by atoms with Crippen LogP contribution in [0.2, 0.25) is 0 Å². The quantitative estimate of drug-likeness (QED) is 0.894. The molecule has 0 saturated carbocycles. The minimum Gasteiger partial charge on any atom is -0.346 e. The third-order valence-corrected chi connectivity index (χ3v) is 4.47. The van der Waals surface area contributed by atoms with E-state index in [1.807, 2.05) is 37.3 Å². The molecule has 0 bridgehead atoms. The molecule has 2 atom stereocenters. The zero-order valence-corrected chi connectivity index (χ0v) is 14.2. The topological polar surface area (TPSA) is 88.3 Å². The Balaban J connectivity index is 1.55. The second-order valence-corrected chi connectivity index (χ2v) is 6.36. The lowest BCUT2D eigenvalue weighted by molar-refractivity contribution is -0.135. The molecular weight excluding hydrogens is 320 g/mol. The van der Waals surface area contributed by atoms with Crippen molar-refractivity contribution < 1.29 is 14.1 Å². The molecular formula is C18H22N4O3. The zero-order chi connectivity index (χ0) is 17.6. The molecule has 1 aromatic heterocycles. The Morgan fingerprint density at radius 3 is 2.88 bits per heavy atom. The molecule has 1 saturated heterocycles. The van der Waals surface area contributed by atoms with E-state index in [2.05, 4.69) is 15.5 Å². The van der Waals surface area contributed by atoms with E-state index in [-0.39, 0.29) is 23.8 Å². The third kappa shape index (κ3) is 4.43. The Morgan fingerprint density at radius 2 is 2.16 bits per heavy atom. The second-order valence-electron chi connectivity index (χ2n) is 6.36. The zero-order valence-electron chi connectivity index (χ0n) is 14.2. The summed E-state index contributed by atoms with van der Waals surface area (Å²) >= 11 is 0. The predicted molar refractivity (Wildman–Crippen MR) is 90.3 cm³/mol. The summed E-state index contributed by atoms with van der Waals surface area (Å²) in [6.07, 6.45) is 3.21. The highest BCUT2D eigenvalue weighted by Crippen LogP contribution is 2.19. The van der Waals surface area contributed by atoms with Gasteiger partial charge in [0.15, 0.2) is 5.82 Å². The van der Waals surface area contributed by atoms with Gasteiger partial charge in [-0.05, 0) is 25.3 Å². The molecule has 1 aliphatic heterocycles. The largest absolute Gasteiger partial charge is 0.346 e. The summed E-state index contributed by atoms with van der Waals surface area (Å²) in [4.78, 5) is 30.7. The first-order chi connectivity index (χ1) is 12.1. The summed E-state index contributed by atoms with van der Waals surface area (Å²) < 4.78 is 4.70. The van der Waals surface area contributed by atoms with Crippen LogP contribution in [0.1, 0.15) is 37.2 Å². The summed E-state index contributed by atoms with van der Waals surface area (Å²) in [6.45, 7) is 2.97. The van der Waals surface area contributed by atoms with E-state index in [0.29, 0.717) is 25.3 Å². The second kappa shape index (κ2) is 7.92. The number of amides is 2. The summed E-state index contributed by atoms with van der Waals surface area (Å²) in [6, 6.07) is 9.35. The number of hydrogen-bond acceptors (Lipinski definition) is 5. The number of carbonyl (C=O) groups is 2. The minimum absolute atomic E-state index is 0.0647. The van der Waals surface area contributed by atoms with E-state index in [4.69, 9.17) is 4.52 Å². The lowest BCUT2D eigenvalue weighted by Crippen LogP contribution is -2.46. The van der Waals surface area contributed by atoms with Crippen molar-refractivity contribution in [1.29, 1.82) is 0 Å². The number of piperidine rings is 1. The van der Waals surface area contributed by atoms with E-state index in [9.17, 15) is 9.59 Å². The molecule has 2 heterocycles. The molecule has 0 aliphatic carbocycles. The van der Waals surface area contributed by atoms with Crippen LogP contribution in [-0.2, 0) is 16.0 Å². The number of rotatable bonds is 5. The number of hydrogen-bond donors (Lipinski definition) is 1. The SMILES string of the molecule is CC(NC(=O)C1CCCN(C(=O)Cc2ccccc2)C1)c1ncon1. The molecule has 132 valence electrons. The summed E-state index contributed by atoms with van der Waals surface area (Å²) in [5, 5.41) is 6.64. The van der Waals surface area contributed by atoms with Gasteiger partial charge in [-0.2, -0.15) is 4.98 Å². The van der Waals surface area contributed by atoms with Crippen LogP contribution in [0.3, 0.4) is 0 Å². The van der Waals surface area contributed by atoms with Crippen molar-refractivity contribution >= 4 is 11.8 Å². The highest BCUT2D eigenvalue weighted by molar-refractivity contribution is 5.82. The van der Waals surface area contributed by atoms with Crippen LogP contribution in [0, 0.1) is 5.92 Å². The fourth-order valence-electron chi connectivity index (χ4n) is 3.07. The molecule has 25 heavy (non-hydrogen) atoms. The lowest BCUT2D eigenvalue weighted by atomic mass is 9.96. The number of aromatic nitrogens is 2. The molecule has 2 aromatic rings. The van der Waals surface area contributed by atoms with Crippen molar-refractivity contribution in [3.8, 4) is 0 Å². The van der Waals surface area contributed by atoms with Crippen molar-refractivity contribution in [2.45, 2.75) is 32.2 Å². The Labute approximate surface area is 146 Å². The van der Waals surface area contributed by atoms with Crippen molar-refractivity contribution in [2.75, 3.05) is 13.1 Å². The molecule has 7 nitrogen and oxygen atoms in total. The number of likely N-dealkylation sites (tertiary alicyclic amines) is 1. The van der Waals surface area contributed by atoms with E-state index in [0.717, 1.165) is 18.4 Å². The van der Waals surface area contributed by atoms with Crippen molar-refractivity contribution in [1.82, 2.24) is 20.4 Å². The molecule has 1 aromatic carbocycles. The predicted octanol–water partition coefficient (Wildman–Crippen LogP) is 1.73. The molecule has 3 rings (SSSR count). The summed E-state index contributed by atoms with van der Waals surface area (Å²) in [5.74, 6) is 0.230. The van der Waals surface area contributed by atoms with E-state index in [1.165, 1.54) is 6.39 Å². The van der Waals surface area contributed by atoms with Gasteiger partial charge in [0.25, 0.3) is 0 Å². The van der Waals surface area contributed by atoms with Crippen LogP contribution >= 0.6 is 0 Å². The van der Waals surface area contributed by atoms with Crippen LogP contribution in [0.15, 0.2) is 41.2 Å². The third-order valence-electron chi connectivity index (χ3n) is 4.47. The minimum atomic E-state index is -0.318. The monoisotopic (exact) mass is 342 g/mol. The van der Waals surface area contributed by atoms with Gasteiger partial charge in [0.05, 0.1) is 18.4 Å².